The summed E-state index contributed by atoms with van der Waals surface area (Å²) in [6.07, 6.45) is 11.9. The van der Waals surface area contributed by atoms with Crippen molar-refractivity contribution < 1.29 is 19.5 Å². The lowest BCUT2D eigenvalue weighted by molar-refractivity contribution is -0.159. The first-order valence-corrected chi connectivity index (χ1v) is 13.8. The molecule has 9 atom stereocenters. The van der Waals surface area contributed by atoms with E-state index < -0.39 is 5.60 Å². The average Bonchev–Trinajstić information content (AvgIpc) is 3.39. The van der Waals surface area contributed by atoms with E-state index in [4.69, 9.17) is 9.57 Å². The first-order chi connectivity index (χ1) is 16.0. The lowest BCUT2D eigenvalue weighted by Gasteiger charge is -2.59. The van der Waals surface area contributed by atoms with Gasteiger partial charge in [0.05, 0.1) is 5.71 Å². The second-order valence-corrected chi connectivity index (χ2v) is 13.2. The molecule has 0 aromatic carbocycles. The molecule has 5 nitrogen and oxygen atoms in total. The Hall–Kier alpha value is -1.36. The number of rotatable bonds is 4. The van der Waals surface area contributed by atoms with Gasteiger partial charge in [0, 0.05) is 19.8 Å². The second-order valence-electron chi connectivity index (χ2n) is 13.2. The van der Waals surface area contributed by atoms with Crippen molar-refractivity contribution >= 4 is 11.7 Å². The van der Waals surface area contributed by atoms with Gasteiger partial charge in [0.1, 0.15) is 11.7 Å². The van der Waals surface area contributed by atoms with Crippen LogP contribution in [0.4, 0.5) is 0 Å². The number of carbonyl (C=O) groups is 1. The normalized spacial score (nSPS) is 45.3. The standard InChI is InChI=1S/C29H45NO4/c1-17(2)24-16-26(34-30-24)29(6,32)25-10-9-22-21-8-7-19-15-20(33-18(3)31)11-13-27(19,4)23(21)12-14-28(22,25)5/h7,17,20-23,25-26,32H,8-16H2,1-6H3/t20-,21-,22-,23-,25-,26+,27-,28-,29+/m0/s1. The fraction of sp³-hybridized carbons (Fsp3) is 0.862. The minimum Gasteiger partial charge on any atom is -0.462 e. The van der Waals surface area contributed by atoms with Gasteiger partial charge < -0.3 is 14.7 Å². The lowest BCUT2D eigenvalue weighted by Crippen LogP contribution is -2.55. The number of oxime groups is 1. The van der Waals surface area contributed by atoms with Crippen molar-refractivity contribution in [2.45, 2.75) is 117 Å². The monoisotopic (exact) mass is 471 g/mol. The summed E-state index contributed by atoms with van der Waals surface area (Å²) in [4.78, 5) is 17.4. The van der Waals surface area contributed by atoms with Crippen molar-refractivity contribution in [1.29, 1.82) is 0 Å². The molecular weight excluding hydrogens is 426 g/mol. The molecule has 0 spiro atoms. The first kappa shape index (κ1) is 24.3. The number of aliphatic hydroxyl groups is 1. The van der Waals surface area contributed by atoms with Crippen molar-refractivity contribution in [3.8, 4) is 0 Å². The van der Waals surface area contributed by atoms with Crippen LogP contribution in [-0.2, 0) is 14.4 Å². The summed E-state index contributed by atoms with van der Waals surface area (Å²) in [6.45, 7) is 12.8. The van der Waals surface area contributed by atoms with Gasteiger partial charge in [-0.15, -0.1) is 0 Å². The number of ether oxygens (including phenoxy) is 1. The third-order valence-corrected chi connectivity index (χ3v) is 11.1. The molecule has 0 amide bonds. The van der Waals surface area contributed by atoms with Gasteiger partial charge in [-0.25, -0.2) is 0 Å². The van der Waals surface area contributed by atoms with Gasteiger partial charge in [0.25, 0.3) is 0 Å². The zero-order chi connectivity index (χ0) is 24.5. The molecule has 5 aliphatic rings. The Kier molecular flexibility index (Phi) is 5.98. The largest absolute Gasteiger partial charge is 0.462 e. The molecule has 5 rings (SSSR count). The maximum atomic E-state index is 11.9. The highest BCUT2D eigenvalue weighted by molar-refractivity contribution is 5.87. The molecule has 3 fully saturated rings. The Bertz CT molecular complexity index is 891. The van der Waals surface area contributed by atoms with Gasteiger partial charge in [-0.2, -0.15) is 0 Å². The van der Waals surface area contributed by atoms with Crippen LogP contribution in [0.2, 0.25) is 0 Å². The van der Waals surface area contributed by atoms with Crippen LogP contribution in [0.3, 0.4) is 0 Å². The third kappa shape index (κ3) is 3.67. The van der Waals surface area contributed by atoms with Crippen LogP contribution in [0.25, 0.3) is 0 Å². The fourth-order valence-corrected chi connectivity index (χ4v) is 9.20. The smallest absolute Gasteiger partial charge is 0.302 e. The maximum Gasteiger partial charge on any atom is 0.302 e. The first-order valence-electron chi connectivity index (χ1n) is 13.8. The van der Waals surface area contributed by atoms with Gasteiger partial charge in [-0.05, 0) is 92.3 Å². The zero-order valence-electron chi connectivity index (χ0n) is 22.1. The highest BCUT2D eigenvalue weighted by atomic mass is 16.7. The Morgan fingerprint density at radius 3 is 2.62 bits per heavy atom. The van der Waals surface area contributed by atoms with E-state index in [9.17, 15) is 9.90 Å². The molecule has 0 saturated heterocycles. The van der Waals surface area contributed by atoms with E-state index >= 15 is 0 Å². The Morgan fingerprint density at radius 2 is 1.94 bits per heavy atom. The van der Waals surface area contributed by atoms with E-state index in [0.29, 0.717) is 23.7 Å². The van der Waals surface area contributed by atoms with Gasteiger partial charge >= 0.3 is 5.97 Å². The van der Waals surface area contributed by atoms with E-state index in [-0.39, 0.29) is 34.9 Å². The SMILES string of the molecule is CC(=O)O[C@H]1CC[C@@]2(C)C(=CC[C@H]3[C@@H]4CC[C@H]([C@@](C)(O)[C@H]5CC(C(C)C)=NO5)[C@@]4(C)CC[C@@H]32)C1. The molecule has 0 bridgehead atoms. The van der Waals surface area contributed by atoms with Gasteiger partial charge in [-0.3, -0.25) is 4.79 Å². The summed E-state index contributed by atoms with van der Waals surface area (Å²) in [5.41, 5.74) is 2.13. The van der Waals surface area contributed by atoms with E-state index in [1.807, 2.05) is 6.92 Å². The summed E-state index contributed by atoms with van der Waals surface area (Å²) in [5.74, 6) is 2.49. The Balaban J connectivity index is 1.35. The molecule has 1 aliphatic heterocycles. The summed E-state index contributed by atoms with van der Waals surface area (Å²) in [6, 6.07) is 0. The van der Waals surface area contributed by atoms with Crippen LogP contribution >= 0.6 is 0 Å². The molecule has 0 radical (unpaired) electrons. The molecular formula is C29H45NO4. The van der Waals surface area contributed by atoms with Crippen LogP contribution in [0.15, 0.2) is 16.8 Å². The highest BCUT2D eigenvalue weighted by Crippen LogP contribution is 2.68. The number of carbonyl (C=O) groups excluding carboxylic acids is 1. The van der Waals surface area contributed by atoms with E-state index in [0.717, 1.165) is 44.2 Å². The fourth-order valence-electron chi connectivity index (χ4n) is 9.20. The maximum absolute atomic E-state index is 11.9. The zero-order valence-corrected chi connectivity index (χ0v) is 22.1. The number of fused-ring (bicyclic) bond motifs is 5. The average molecular weight is 472 g/mol. The van der Waals surface area contributed by atoms with E-state index in [1.165, 1.54) is 31.8 Å². The molecule has 5 heteroatoms. The predicted octanol–water partition coefficient (Wildman–Crippen LogP) is 6.05. The van der Waals surface area contributed by atoms with Crippen molar-refractivity contribution in [3.05, 3.63) is 11.6 Å². The van der Waals surface area contributed by atoms with Crippen molar-refractivity contribution in [2.75, 3.05) is 0 Å². The molecule has 34 heavy (non-hydrogen) atoms. The van der Waals surface area contributed by atoms with Crippen molar-refractivity contribution in [2.24, 2.45) is 45.6 Å². The van der Waals surface area contributed by atoms with Crippen LogP contribution in [0.5, 0.6) is 0 Å². The molecule has 1 N–H and O–H groups in total. The Labute approximate surface area is 205 Å². The van der Waals surface area contributed by atoms with Gasteiger partial charge in [0.2, 0.25) is 0 Å². The van der Waals surface area contributed by atoms with Crippen LogP contribution in [0, 0.1) is 40.4 Å². The van der Waals surface area contributed by atoms with Crippen LogP contribution < -0.4 is 0 Å². The minimum atomic E-state index is -0.863. The molecule has 4 aliphatic carbocycles. The van der Waals surface area contributed by atoms with E-state index in [2.05, 4.69) is 38.9 Å². The number of allylic oxidation sites excluding steroid dienone is 1. The molecule has 3 saturated carbocycles. The van der Waals surface area contributed by atoms with Crippen molar-refractivity contribution in [3.63, 3.8) is 0 Å². The van der Waals surface area contributed by atoms with Gasteiger partial charge in [-0.1, -0.05) is 44.5 Å². The molecule has 0 aromatic rings. The Morgan fingerprint density at radius 1 is 1.18 bits per heavy atom. The molecule has 0 aromatic heterocycles. The van der Waals surface area contributed by atoms with E-state index in [1.54, 1.807) is 0 Å². The number of esters is 1. The second kappa shape index (κ2) is 8.35. The lowest BCUT2D eigenvalue weighted by atomic mass is 9.46. The topological polar surface area (TPSA) is 68.1 Å². The third-order valence-electron chi connectivity index (χ3n) is 11.1. The summed E-state index contributed by atoms with van der Waals surface area (Å²) >= 11 is 0. The summed E-state index contributed by atoms with van der Waals surface area (Å²) in [5, 5.41) is 16.2. The molecule has 1 heterocycles. The number of hydrogen-bond donors (Lipinski definition) is 1. The van der Waals surface area contributed by atoms with Gasteiger partial charge in [0.15, 0.2) is 6.10 Å². The molecule has 0 unspecified atom stereocenters. The highest BCUT2D eigenvalue weighted by Gasteiger charge is 2.63. The number of nitrogens with zero attached hydrogens (tertiary/aromatic N) is 1. The van der Waals surface area contributed by atoms with Crippen molar-refractivity contribution in [1.82, 2.24) is 0 Å². The summed E-state index contributed by atoms with van der Waals surface area (Å²) in [7, 11) is 0. The predicted molar refractivity (Wildman–Crippen MR) is 133 cm³/mol. The van der Waals surface area contributed by atoms with Crippen LogP contribution in [-0.4, -0.2) is 34.6 Å². The quantitative estimate of drug-likeness (QED) is 0.400. The summed E-state index contributed by atoms with van der Waals surface area (Å²) < 4.78 is 5.60. The number of hydrogen-bond acceptors (Lipinski definition) is 5. The minimum absolute atomic E-state index is 0.0533. The van der Waals surface area contributed by atoms with Crippen LogP contribution in [0.1, 0.15) is 99.3 Å². The molecule has 190 valence electrons.